The van der Waals surface area contributed by atoms with Crippen molar-refractivity contribution in [1.82, 2.24) is 5.01 Å². The van der Waals surface area contributed by atoms with Crippen LogP contribution >= 0.6 is 0 Å². The average molecular weight is 356 g/mol. The Morgan fingerprint density at radius 3 is 2.73 bits per heavy atom. The Balaban J connectivity index is 1.47. The number of ether oxygens (including phenoxy) is 1. The molecule has 4 atom stereocenters. The number of carboxylic acid groups (broad SMARTS) is 1. The predicted molar refractivity (Wildman–Crippen MR) is 96.0 cm³/mol. The highest BCUT2D eigenvalue weighted by molar-refractivity contribution is 5.87. The lowest BCUT2D eigenvalue weighted by Crippen LogP contribution is -2.34. The van der Waals surface area contributed by atoms with E-state index in [1.807, 2.05) is 18.3 Å². The summed E-state index contributed by atoms with van der Waals surface area (Å²) in [6.45, 7) is 0.707. The van der Waals surface area contributed by atoms with Crippen molar-refractivity contribution < 1.29 is 19.4 Å². The maximum atomic E-state index is 12.0. The molecule has 0 saturated carbocycles. The van der Waals surface area contributed by atoms with E-state index in [0.717, 1.165) is 37.7 Å². The normalized spacial score (nSPS) is 31.1. The third-order valence-electron chi connectivity index (χ3n) is 5.84. The summed E-state index contributed by atoms with van der Waals surface area (Å²) >= 11 is 0. The van der Waals surface area contributed by atoms with E-state index in [9.17, 15) is 9.59 Å². The highest BCUT2D eigenvalue weighted by Gasteiger charge is 2.48. The van der Waals surface area contributed by atoms with Crippen LogP contribution in [-0.2, 0) is 16.0 Å². The molecule has 1 amide bonds. The van der Waals surface area contributed by atoms with Crippen molar-refractivity contribution in [1.29, 1.82) is 0 Å². The summed E-state index contributed by atoms with van der Waals surface area (Å²) in [5, 5.41) is 15.1. The van der Waals surface area contributed by atoms with Crippen molar-refractivity contribution in [2.24, 2.45) is 16.9 Å². The van der Waals surface area contributed by atoms with Crippen molar-refractivity contribution in [3.8, 4) is 0 Å². The fourth-order valence-electron chi connectivity index (χ4n) is 4.41. The summed E-state index contributed by atoms with van der Waals surface area (Å²) in [6, 6.07) is 7.08. The van der Waals surface area contributed by atoms with E-state index < -0.39 is 5.97 Å². The van der Waals surface area contributed by atoms with Crippen LogP contribution in [0.15, 0.2) is 29.4 Å². The van der Waals surface area contributed by atoms with Gasteiger partial charge in [0.2, 0.25) is 5.91 Å². The number of hydrogen-bond acceptors (Lipinski definition) is 4. The molecule has 3 aliphatic rings. The number of carbonyl (C=O) groups is 2. The van der Waals surface area contributed by atoms with Gasteiger partial charge in [-0.05, 0) is 55.7 Å². The molecule has 3 fully saturated rings. The zero-order chi connectivity index (χ0) is 18.1. The third kappa shape index (κ3) is 3.38. The molecule has 0 spiro atoms. The average Bonchev–Trinajstić information content (AvgIpc) is 3.24. The Kier molecular flexibility index (Phi) is 4.76. The quantitative estimate of drug-likeness (QED) is 0.823. The maximum Gasteiger partial charge on any atom is 0.335 e. The van der Waals surface area contributed by atoms with E-state index in [0.29, 0.717) is 24.4 Å². The minimum atomic E-state index is -0.906. The molecule has 1 N–H and O–H groups in total. The number of amides is 1. The van der Waals surface area contributed by atoms with Crippen molar-refractivity contribution >= 4 is 18.1 Å². The van der Waals surface area contributed by atoms with Crippen LogP contribution in [0.2, 0.25) is 0 Å². The highest BCUT2D eigenvalue weighted by Crippen LogP contribution is 2.44. The predicted octanol–water partition coefficient (Wildman–Crippen LogP) is 2.72. The van der Waals surface area contributed by atoms with E-state index in [1.54, 1.807) is 17.1 Å². The van der Waals surface area contributed by atoms with Gasteiger partial charge in [0.15, 0.2) is 0 Å². The van der Waals surface area contributed by atoms with Crippen molar-refractivity contribution in [3.05, 3.63) is 35.4 Å². The first-order valence-electron chi connectivity index (χ1n) is 9.44. The van der Waals surface area contributed by atoms with E-state index in [1.165, 1.54) is 0 Å². The number of carbonyl (C=O) groups excluding carboxylic acids is 1. The van der Waals surface area contributed by atoms with Crippen molar-refractivity contribution in [2.75, 3.05) is 6.54 Å². The third-order valence-corrected chi connectivity index (χ3v) is 5.84. The van der Waals surface area contributed by atoms with Crippen LogP contribution in [0.3, 0.4) is 0 Å². The summed E-state index contributed by atoms with van der Waals surface area (Å²) in [5.41, 5.74) is 1.42. The second kappa shape index (κ2) is 7.19. The smallest absolute Gasteiger partial charge is 0.335 e. The minimum absolute atomic E-state index is 0.109. The molecule has 1 aromatic rings. The molecule has 1 aromatic carbocycles. The summed E-state index contributed by atoms with van der Waals surface area (Å²) in [4.78, 5) is 23.0. The van der Waals surface area contributed by atoms with Gasteiger partial charge in [0.05, 0.1) is 17.8 Å². The van der Waals surface area contributed by atoms with Crippen molar-refractivity contribution in [3.63, 3.8) is 0 Å². The number of hydrazone groups is 1. The number of aromatic carboxylic acids is 1. The fraction of sp³-hybridized carbons (Fsp3) is 0.550. The van der Waals surface area contributed by atoms with Crippen LogP contribution in [-0.4, -0.2) is 47.0 Å². The van der Waals surface area contributed by atoms with Gasteiger partial charge in [-0.2, -0.15) is 5.10 Å². The lowest BCUT2D eigenvalue weighted by Gasteiger charge is -2.27. The van der Waals surface area contributed by atoms with E-state index in [4.69, 9.17) is 9.84 Å². The fourth-order valence-corrected chi connectivity index (χ4v) is 4.41. The minimum Gasteiger partial charge on any atom is -0.478 e. The summed E-state index contributed by atoms with van der Waals surface area (Å²) in [6.07, 6.45) is 7.85. The van der Waals surface area contributed by atoms with Gasteiger partial charge in [-0.3, -0.25) is 4.79 Å². The molecule has 0 aromatic heterocycles. The van der Waals surface area contributed by atoms with E-state index in [2.05, 4.69) is 5.10 Å². The molecule has 0 radical (unpaired) electrons. The first-order valence-corrected chi connectivity index (χ1v) is 9.44. The maximum absolute atomic E-state index is 12.0. The summed E-state index contributed by atoms with van der Waals surface area (Å²) in [5.74, 6) is -0.260. The summed E-state index contributed by atoms with van der Waals surface area (Å²) in [7, 11) is 0. The monoisotopic (exact) mass is 356 g/mol. The van der Waals surface area contributed by atoms with Crippen LogP contribution < -0.4 is 0 Å². The Hall–Kier alpha value is -2.21. The molecule has 26 heavy (non-hydrogen) atoms. The van der Waals surface area contributed by atoms with E-state index >= 15 is 0 Å². The van der Waals surface area contributed by atoms with Crippen LogP contribution in [0.25, 0.3) is 0 Å². The standard InChI is InChI=1S/C20H24N2O4/c23-19-3-1-2-10-22(19)21-12-16-15(17-8-9-18(16)26-17)11-13-4-6-14(7-5-13)20(24)25/h4-7,12,15-18H,1-3,8-11H2,(H,24,25)/b21-12+. The second-order valence-corrected chi connectivity index (χ2v) is 7.48. The SMILES string of the molecule is O=C(O)c1ccc(CC2C3CCC(O3)C2/C=N/N2CCCCC2=O)cc1. The number of benzene rings is 1. The van der Waals surface area contributed by atoms with Gasteiger partial charge < -0.3 is 9.84 Å². The number of rotatable bonds is 5. The molecule has 138 valence electrons. The van der Waals surface area contributed by atoms with Crippen LogP contribution in [0, 0.1) is 11.8 Å². The van der Waals surface area contributed by atoms with Crippen LogP contribution in [0.5, 0.6) is 0 Å². The molecule has 2 bridgehead atoms. The van der Waals surface area contributed by atoms with Gasteiger partial charge in [-0.15, -0.1) is 0 Å². The van der Waals surface area contributed by atoms with Gasteiger partial charge in [-0.25, -0.2) is 9.80 Å². The molecule has 3 aliphatic heterocycles. The Labute approximate surface area is 152 Å². The van der Waals surface area contributed by atoms with Gasteiger partial charge in [0, 0.05) is 25.1 Å². The number of piperidine rings is 1. The van der Waals surface area contributed by atoms with E-state index in [-0.39, 0.29) is 24.0 Å². The molecule has 4 unspecified atom stereocenters. The zero-order valence-corrected chi connectivity index (χ0v) is 14.7. The molecular formula is C20H24N2O4. The lowest BCUT2D eigenvalue weighted by atomic mass is 9.77. The number of carboxylic acids is 1. The van der Waals surface area contributed by atoms with Crippen LogP contribution in [0.4, 0.5) is 0 Å². The Morgan fingerprint density at radius 1 is 1.23 bits per heavy atom. The van der Waals surface area contributed by atoms with Gasteiger partial charge in [-0.1, -0.05) is 12.1 Å². The Bertz CT molecular complexity index is 715. The first-order chi connectivity index (χ1) is 12.6. The highest BCUT2D eigenvalue weighted by atomic mass is 16.5. The second-order valence-electron chi connectivity index (χ2n) is 7.48. The topological polar surface area (TPSA) is 79.2 Å². The van der Waals surface area contributed by atoms with Gasteiger partial charge in [0.25, 0.3) is 0 Å². The van der Waals surface area contributed by atoms with Crippen molar-refractivity contribution in [2.45, 2.75) is 50.7 Å². The molecule has 4 rings (SSSR count). The molecule has 3 saturated heterocycles. The number of fused-ring (bicyclic) bond motifs is 2. The molecule has 6 nitrogen and oxygen atoms in total. The number of nitrogens with zero attached hydrogens (tertiary/aromatic N) is 2. The molecule has 3 heterocycles. The van der Waals surface area contributed by atoms with Gasteiger partial charge >= 0.3 is 5.97 Å². The molecular weight excluding hydrogens is 332 g/mol. The molecule has 6 heteroatoms. The first kappa shape index (κ1) is 17.2. The number of hydrogen-bond donors (Lipinski definition) is 1. The largest absolute Gasteiger partial charge is 0.478 e. The Morgan fingerprint density at radius 2 is 2.00 bits per heavy atom. The lowest BCUT2D eigenvalue weighted by molar-refractivity contribution is -0.133. The summed E-state index contributed by atoms with van der Waals surface area (Å²) < 4.78 is 6.11. The zero-order valence-electron chi connectivity index (χ0n) is 14.7. The van der Waals surface area contributed by atoms with Gasteiger partial charge in [0.1, 0.15) is 0 Å². The van der Waals surface area contributed by atoms with Crippen LogP contribution in [0.1, 0.15) is 48.0 Å². The molecule has 0 aliphatic carbocycles.